The summed E-state index contributed by atoms with van der Waals surface area (Å²) in [6.07, 6.45) is 2.16. The number of carboxylic acids is 1. The van der Waals surface area contributed by atoms with Crippen LogP contribution in [-0.4, -0.2) is 16.1 Å². The number of halogens is 1. The van der Waals surface area contributed by atoms with Gasteiger partial charge in [-0.05, 0) is 24.1 Å². The van der Waals surface area contributed by atoms with Crippen LogP contribution in [0.5, 0.6) is 11.6 Å². The molecule has 1 N–H and O–H groups in total. The minimum Gasteiger partial charge on any atom is -0.478 e. The molecule has 0 unspecified atom stereocenters. The molecule has 0 saturated heterocycles. The topological polar surface area (TPSA) is 59.4 Å². The Hall–Kier alpha value is -2.07. The van der Waals surface area contributed by atoms with Gasteiger partial charge in [-0.1, -0.05) is 30.7 Å². The molecule has 2 aromatic rings. The molecule has 0 bridgehead atoms. The number of carboxylic acid groups (broad SMARTS) is 1. The first-order valence-corrected chi connectivity index (χ1v) is 6.13. The summed E-state index contributed by atoms with van der Waals surface area (Å²) < 4.78 is 5.53. The summed E-state index contributed by atoms with van der Waals surface area (Å²) in [5.74, 6) is -0.292. The number of aromatic carboxylic acids is 1. The van der Waals surface area contributed by atoms with Crippen LogP contribution in [0.4, 0.5) is 0 Å². The van der Waals surface area contributed by atoms with Crippen LogP contribution in [0, 0.1) is 0 Å². The Balaban J connectivity index is 2.28. The molecule has 0 amide bonds. The molecular formula is C14H12ClNO3. The molecule has 0 fully saturated rings. The number of aryl methyl sites for hydroxylation is 1. The van der Waals surface area contributed by atoms with Crippen molar-refractivity contribution in [1.29, 1.82) is 0 Å². The average Bonchev–Trinajstić information content (AvgIpc) is 2.41. The smallest absolute Gasteiger partial charge is 0.337 e. The van der Waals surface area contributed by atoms with E-state index in [1.165, 1.54) is 12.3 Å². The molecule has 1 aromatic heterocycles. The standard InChI is InChI=1S/C14H12ClNO3/c1-2-9-4-3-5-10(6-9)19-13-7-11(14(17)18)12(15)8-16-13/h3-8H,2H2,1H3,(H,17,18). The van der Waals surface area contributed by atoms with E-state index in [1.807, 2.05) is 25.1 Å². The molecule has 0 aliphatic rings. The quantitative estimate of drug-likeness (QED) is 0.924. The zero-order chi connectivity index (χ0) is 13.8. The van der Waals surface area contributed by atoms with Crippen molar-refractivity contribution < 1.29 is 14.6 Å². The number of benzene rings is 1. The number of aromatic nitrogens is 1. The molecule has 0 aliphatic heterocycles. The highest BCUT2D eigenvalue weighted by atomic mass is 35.5. The van der Waals surface area contributed by atoms with E-state index in [4.69, 9.17) is 21.4 Å². The van der Waals surface area contributed by atoms with Crippen LogP contribution in [0.2, 0.25) is 5.02 Å². The van der Waals surface area contributed by atoms with Gasteiger partial charge >= 0.3 is 5.97 Å². The zero-order valence-corrected chi connectivity index (χ0v) is 11.0. The minimum absolute atomic E-state index is 0.0293. The predicted octanol–water partition coefficient (Wildman–Crippen LogP) is 3.79. The molecule has 0 aliphatic carbocycles. The van der Waals surface area contributed by atoms with Crippen LogP contribution in [-0.2, 0) is 6.42 Å². The van der Waals surface area contributed by atoms with E-state index < -0.39 is 5.97 Å². The fourth-order valence-corrected chi connectivity index (χ4v) is 1.77. The number of hydrogen-bond acceptors (Lipinski definition) is 3. The van der Waals surface area contributed by atoms with Gasteiger partial charge in [-0.25, -0.2) is 9.78 Å². The predicted molar refractivity (Wildman–Crippen MR) is 72.1 cm³/mol. The Morgan fingerprint density at radius 2 is 2.21 bits per heavy atom. The number of ether oxygens (including phenoxy) is 1. The highest BCUT2D eigenvalue weighted by Crippen LogP contribution is 2.24. The maximum absolute atomic E-state index is 11.0. The lowest BCUT2D eigenvalue weighted by Gasteiger charge is -2.07. The highest BCUT2D eigenvalue weighted by molar-refractivity contribution is 6.33. The first kappa shape index (κ1) is 13.4. The van der Waals surface area contributed by atoms with Crippen molar-refractivity contribution in [3.63, 3.8) is 0 Å². The summed E-state index contributed by atoms with van der Waals surface area (Å²) in [5, 5.41) is 9.06. The Morgan fingerprint density at radius 3 is 2.89 bits per heavy atom. The largest absolute Gasteiger partial charge is 0.478 e. The minimum atomic E-state index is -1.11. The van der Waals surface area contributed by atoms with Gasteiger partial charge < -0.3 is 9.84 Å². The molecule has 98 valence electrons. The van der Waals surface area contributed by atoms with E-state index in [0.717, 1.165) is 12.0 Å². The third-order valence-corrected chi connectivity index (χ3v) is 2.89. The molecule has 5 heteroatoms. The van der Waals surface area contributed by atoms with E-state index in [-0.39, 0.29) is 16.5 Å². The Kier molecular flexibility index (Phi) is 4.02. The number of pyridine rings is 1. The lowest BCUT2D eigenvalue weighted by molar-refractivity contribution is 0.0696. The zero-order valence-electron chi connectivity index (χ0n) is 10.3. The molecule has 0 saturated carbocycles. The summed E-state index contributed by atoms with van der Waals surface area (Å²) in [7, 11) is 0. The van der Waals surface area contributed by atoms with Gasteiger partial charge in [-0.15, -0.1) is 0 Å². The van der Waals surface area contributed by atoms with Crippen molar-refractivity contribution in [2.75, 3.05) is 0 Å². The van der Waals surface area contributed by atoms with Crippen molar-refractivity contribution in [1.82, 2.24) is 4.98 Å². The lowest BCUT2D eigenvalue weighted by atomic mass is 10.2. The van der Waals surface area contributed by atoms with Gasteiger partial charge in [-0.3, -0.25) is 0 Å². The van der Waals surface area contributed by atoms with Crippen molar-refractivity contribution in [2.45, 2.75) is 13.3 Å². The van der Waals surface area contributed by atoms with Gasteiger partial charge in [0.1, 0.15) is 5.75 Å². The Labute approximate surface area is 115 Å². The van der Waals surface area contributed by atoms with E-state index in [2.05, 4.69) is 4.98 Å². The van der Waals surface area contributed by atoms with Crippen LogP contribution < -0.4 is 4.74 Å². The maximum atomic E-state index is 11.0. The molecule has 1 aromatic carbocycles. The van der Waals surface area contributed by atoms with E-state index >= 15 is 0 Å². The number of rotatable bonds is 4. The fraction of sp³-hybridized carbons (Fsp3) is 0.143. The first-order valence-electron chi connectivity index (χ1n) is 5.75. The van der Waals surface area contributed by atoms with Crippen molar-refractivity contribution in [3.8, 4) is 11.6 Å². The van der Waals surface area contributed by atoms with Gasteiger partial charge in [0.15, 0.2) is 0 Å². The first-order chi connectivity index (χ1) is 9.10. The van der Waals surface area contributed by atoms with Crippen molar-refractivity contribution >= 4 is 17.6 Å². The summed E-state index contributed by atoms with van der Waals surface area (Å²) in [5.41, 5.74) is 1.10. The van der Waals surface area contributed by atoms with Crippen LogP contribution >= 0.6 is 11.6 Å². The Morgan fingerprint density at radius 1 is 1.42 bits per heavy atom. The third kappa shape index (κ3) is 3.23. The van der Waals surface area contributed by atoms with Crippen molar-refractivity contribution in [3.05, 3.63) is 52.7 Å². The van der Waals surface area contributed by atoms with Gasteiger partial charge in [-0.2, -0.15) is 0 Å². The SMILES string of the molecule is CCc1cccc(Oc2cc(C(=O)O)c(Cl)cn2)c1. The third-order valence-electron chi connectivity index (χ3n) is 2.59. The normalized spacial score (nSPS) is 10.2. The van der Waals surface area contributed by atoms with Gasteiger partial charge in [0.05, 0.1) is 16.8 Å². The van der Waals surface area contributed by atoms with Gasteiger partial charge in [0.2, 0.25) is 5.88 Å². The van der Waals surface area contributed by atoms with Gasteiger partial charge in [0, 0.05) is 6.07 Å². The van der Waals surface area contributed by atoms with Crippen LogP contribution in [0.25, 0.3) is 0 Å². The van der Waals surface area contributed by atoms with E-state index in [0.29, 0.717) is 5.75 Å². The molecule has 4 nitrogen and oxygen atoms in total. The number of nitrogens with zero attached hydrogens (tertiary/aromatic N) is 1. The van der Waals surface area contributed by atoms with Gasteiger partial charge in [0.25, 0.3) is 0 Å². The lowest BCUT2D eigenvalue weighted by Crippen LogP contribution is -1.99. The average molecular weight is 278 g/mol. The molecule has 0 spiro atoms. The number of carbonyl (C=O) groups is 1. The summed E-state index contributed by atoms with van der Waals surface area (Å²) in [4.78, 5) is 14.9. The van der Waals surface area contributed by atoms with Crippen LogP contribution in [0.15, 0.2) is 36.5 Å². The summed E-state index contributed by atoms with van der Waals surface area (Å²) in [6, 6.07) is 8.85. The van der Waals surface area contributed by atoms with Crippen LogP contribution in [0.1, 0.15) is 22.8 Å². The second kappa shape index (κ2) is 5.71. The second-order valence-electron chi connectivity index (χ2n) is 3.91. The Bertz CT molecular complexity index is 613. The van der Waals surface area contributed by atoms with Crippen molar-refractivity contribution in [2.24, 2.45) is 0 Å². The highest BCUT2D eigenvalue weighted by Gasteiger charge is 2.11. The molecule has 2 rings (SSSR count). The monoisotopic (exact) mass is 277 g/mol. The second-order valence-corrected chi connectivity index (χ2v) is 4.32. The summed E-state index contributed by atoms with van der Waals surface area (Å²) in [6.45, 7) is 2.04. The molecule has 19 heavy (non-hydrogen) atoms. The molecular weight excluding hydrogens is 266 g/mol. The molecule has 0 radical (unpaired) electrons. The number of hydrogen-bond donors (Lipinski definition) is 1. The molecule has 1 heterocycles. The molecule has 0 atom stereocenters. The fourth-order valence-electron chi connectivity index (χ4n) is 1.59. The van der Waals surface area contributed by atoms with Crippen LogP contribution in [0.3, 0.4) is 0 Å². The van der Waals surface area contributed by atoms with E-state index in [9.17, 15) is 4.79 Å². The summed E-state index contributed by atoms with van der Waals surface area (Å²) >= 11 is 5.74. The van der Waals surface area contributed by atoms with E-state index in [1.54, 1.807) is 6.07 Å². The maximum Gasteiger partial charge on any atom is 0.337 e.